The first-order chi connectivity index (χ1) is 8.77. The monoisotopic (exact) mass is 245 g/mol. The van der Waals surface area contributed by atoms with E-state index in [0.717, 1.165) is 35.2 Å². The van der Waals surface area contributed by atoms with Crippen LogP contribution in [0.5, 0.6) is 0 Å². The molecule has 0 amide bonds. The molecule has 0 fully saturated rings. The Morgan fingerprint density at radius 3 is 2.83 bits per heavy atom. The highest BCUT2D eigenvalue weighted by Gasteiger charge is 2.09. The summed E-state index contributed by atoms with van der Waals surface area (Å²) in [5, 5.41) is 2.15. The van der Waals surface area contributed by atoms with Crippen LogP contribution in [0.15, 0.2) is 30.6 Å². The van der Waals surface area contributed by atoms with Gasteiger partial charge in [-0.2, -0.15) is 0 Å². The zero-order valence-corrected chi connectivity index (χ0v) is 10.9. The van der Waals surface area contributed by atoms with E-state index in [0.29, 0.717) is 6.61 Å². The molecule has 0 saturated heterocycles. The van der Waals surface area contributed by atoms with Crippen molar-refractivity contribution < 1.29 is 4.74 Å². The number of rotatable bonds is 5. The maximum Gasteiger partial charge on any atom is 0.0637 e. The summed E-state index contributed by atoms with van der Waals surface area (Å²) in [5.41, 5.74) is 7.95. The number of benzene rings is 1. The molecule has 1 aromatic heterocycles. The summed E-state index contributed by atoms with van der Waals surface area (Å²) >= 11 is 0. The summed E-state index contributed by atoms with van der Waals surface area (Å²) in [6.45, 7) is 4.63. The van der Waals surface area contributed by atoms with Gasteiger partial charge in [-0.05, 0) is 25.1 Å². The quantitative estimate of drug-likeness (QED) is 0.821. The number of methoxy groups -OCH3 is 1. The largest absolute Gasteiger partial charge is 0.398 e. The van der Waals surface area contributed by atoms with Crippen LogP contribution in [0.3, 0.4) is 0 Å². The summed E-state index contributed by atoms with van der Waals surface area (Å²) in [4.78, 5) is 6.47. The number of aromatic nitrogens is 1. The van der Waals surface area contributed by atoms with Gasteiger partial charge < -0.3 is 15.4 Å². The number of ether oxygens (including phenoxy) is 1. The smallest absolute Gasteiger partial charge is 0.0637 e. The lowest BCUT2D eigenvalue weighted by atomic mass is 10.1. The minimum atomic E-state index is 0.708. The number of anilines is 2. The summed E-state index contributed by atoms with van der Waals surface area (Å²) in [7, 11) is 1.72. The fourth-order valence-corrected chi connectivity index (χ4v) is 2.12. The zero-order valence-electron chi connectivity index (χ0n) is 10.9. The van der Waals surface area contributed by atoms with Crippen molar-refractivity contribution in [3.63, 3.8) is 0 Å². The maximum absolute atomic E-state index is 6.00. The predicted octanol–water partition coefficient (Wildman–Crippen LogP) is 2.29. The number of likely N-dealkylation sites (N-methyl/N-ethyl adjacent to an activating group) is 1. The van der Waals surface area contributed by atoms with E-state index in [1.165, 1.54) is 0 Å². The van der Waals surface area contributed by atoms with Gasteiger partial charge in [-0.25, -0.2) is 0 Å². The van der Waals surface area contributed by atoms with Crippen LogP contribution in [-0.2, 0) is 4.74 Å². The number of hydrogen-bond acceptors (Lipinski definition) is 4. The van der Waals surface area contributed by atoms with E-state index in [9.17, 15) is 0 Å². The van der Waals surface area contributed by atoms with Crippen LogP contribution < -0.4 is 10.6 Å². The molecule has 2 rings (SSSR count). The van der Waals surface area contributed by atoms with Gasteiger partial charge in [0, 0.05) is 54.7 Å². The zero-order chi connectivity index (χ0) is 13.0. The van der Waals surface area contributed by atoms with Gasteiger partial charge in [0.25, 0.3) is 0 Å². The summed E-state index contributed by atoms with van der Waals surface area (Å²) in [6, 6.07) is 5.96. The van der Waals surface area contributed by atoms with Gasteiger partial charge in [0.2, 0.25) is 0 Å². The Labute approximate surface area is 107 Å². The molecule has 96 valence electrons. The van der Waals surface area contributed by atoms with Crippen molar-refractivity contribution in [1.29, 1.82) is 0 Å². The van der Waals surface area contributed by atoms with Gasteiger partial charge in [-0.15, -0.1) is 0 Å². The third kappa shape index (κ3) is 2.38. The number of nitrogen functional groups attached to an aromatic ring is 1. The lowest BCUT2D eigenvalue weighted by molar-refractivity contribution is 0.205. The number of pyridine rings is 1. The van der Waals surface area contributed by atoms with E-state index in [-0.39, 0.29) is 0 Å². The summed E-state index contributed by atoms with van der Waals surface area (Å²) in [6.07, 6.45) is 3.64. The molecule has 0 spiro atoms. The first-order valence-corrected chi connectivity index (χ1v) is 6.14. The molecule has 0 bridgehead atoms. The fourth-order valence-electron chi connectivity index (χ4n) is 2.12. The van der Waals surface area contributed by atoms with Crippen LogP contribution >= 0.6 is 0 Å². The molecule has 0 aliphatic carbocycles. The predicted molar refractivity (Wildman–Crippen MR) is 75.9 cm³/mol. The lowest BCUT2D eigenvalue weighted by Gasteiger charge is -2.24. The molecule has 1 aromatic carbocycles. The van der Waals surface area contributed by atoms with Crippen LogP contribution in [-0.4, -0.2) is 31.8 Å². The van der Waals surface area contributed by atoms with E-state index in [1.807, 2.05) is 18.3 Å². The molecule has 0 aliphatic rings. The van der Waals surface area contributed by atoms with Crippen LogP contribution in [0.2, 0.25) is 0 Å². The highest BCUT2D eigenvalue weighted by atomic mass is 16.5. The Morgan fingerprint density at radius 2 is 2.11 bits per heavy atom. The molecule has 2 N–H and O–H groups in total. The molecule has 2 aromatic rings. The molecule has 4 nitrogen and oxygen atoms in total. The van der Waals surface area contributed by atoms with E-state index >= 15 is 0 Å². The fraction of sp³-hybridized carbons (Fsp3) is 0.357. The average Bonchev–Trinajstić information content (AvgIpc) is 2.42. The molecule has 0 saturated carbocycles. The van der Waals surface area contributed by atoms with Crippen molar-refractivity contribution in [1.82, 2.24) is 4.98 Å². The number of fused-ring (bicyclic) bond motifs is 1. The van der Waals surface area contributed by atoms with E-state index < -0.39 is 0 Å². The first-order valence-electron chi connectivity index (χ1n) is 6.14. The SMILES string of the molecule is CCN(CCOC)c1ccc(N)c2ccncc12. The Kier molecular flexibility index (Phi) is 3.99. The Hall–Kier alpha value is -1.81. The van der Waals surface area contributed by atoms with Gasteiger partial charge in [0.05, 0.1) is 6.61 Å². The third-order valence-electron chi connectivity index (χ3n) is 3.12. The Balaban J connectivity index is 2.46. The van der Waals surface area contributed by atoms with E-state index in [4.69, 9.17) is 10.5 Å². The molecule has 18 heavy (non-hydrogen) atoms. The molecular weight excluding hydrogens is 226 g/mol. The van der Waals surface area contributed by atoms with E-state index in [2.05, 4.69) is 22.9 Å². The average molecular weight is 245 g/mol. The molecule has 1 heterocycles. The third-order valence-corrected chi connectivity index (χ3v) is 3.12. The second-order valence-corrected chi connectivity index (χ2v) is 4.17. The van der Waals surface area contributed by atoms with Crippen molar-refractivity contribution >= 4 is 22.1 Å². The summed E-state index contributed by atoms with van der Waals surface area (Å²) < 4.78 is 5.15. The lowest BCUT2D eigenvalue weighted by Crippen LogP contribution is -2.27. The van der Waals surface area contributed by atoms with Gasteiger partial charge in [0.15, 0.2) is 0 Å². The first kappa shape index (κ1) is 12.6. The van der Waals surface area contributed by atoms with E-state index in [1.54, 1.807) is 13.3 Å². The highest BCUT2D eigenvalue weighted by molar-refractivity contribution is 6.00. The molecular formula is C14H19N3O. The maximum atomic E-state index is 6.00. The van der Waals surface area contributed by atoms with Crippen molar-refractivity contribution in [3.05, 3.63) is 30.6 Å². The molecule has 4 heteroatoms. The van der Waals surface area contributed by atoms with Crippen LogP contribution in [0, 0.1) is 0 Å². The van der Waals surface area contributed by atoms with Gasteiger partial charge in [-0.1, -0.05) is 0 Å². The van der Waals surface area contributed by atoms with Gasteiger partial charge in [-0.3, -0.25) is 4.98 Å². The minimum absolute atomic E-state index is 0.708. The highest BCUT2D eigenvalue weighted by Crippen LogP contribution is 2.29. The number of hydrogen-bond donors (Lipinski definition) is 1. The minimum Gasteiger partial charge on any atom is -0.398 e. The molecule has 0 unspecified atom stereocenters. The van der Waals surface area contributed by atoms with Crippen molar-refractivity contribution in [2.75, 3.05) is 37.4 Å². The standard InChI is InChI=1S/C14H19N3O/c1-3-17(8-9-18-2)14-5-4-13(15)11-6-7-16-10-12(11)14/h4-7,10H,3,8-9,15H2,1-2H3. The Morgan fingerprint density at radius 1 is 1.28 bits per heavy atom. The second-order valence-electron chi connectivity index (χ2n) is 4.17. The van der Waals surface area contributed by atoms with Gasteiger partial charge >= 0.3 is 0 Å². The number of nitrogens with zero attached hydrogens (tertiary/aromatic N) is 2. The van der Waals surface area contributed by atoms with Crippen LogP contribution in [0.25, 0.3) is 10.8 Å². The molecule has 0 atom stereocenters. The summed E-state index contributed by atoms with van der Waals surface area (Å²) in [5.74, 6) is 0. The molecule has 0 radical (unpaired) electrons. The van der Waals surface area contributed by atoms with Crippen molar-refractivity contribution in [3.8, 4) is 0 Å². The van der Waals surface area contributed by atoms with Crippen molar-refractivity contribution in [2.24, 2.45) is 0 Å². The Bertz CT molecular complexity index is 527. The van der Waals surface area contributed by atoms with Crippen LogP contribution in [0.4, 0.5) is 11.4 Å². The normalized spacial score (nSPS) is 10.8. The second kappa shape index (κ2) is 5.69. The van der Waals surface area contributed by atoms with Crippen molar-refractivity contribution in [2.45, 2.75) is 6.92 Å². The number of nitrogens with two attached hydrogens (primary N) is 1. The van der Waals surface area contributed by atoms with Gasteiger partial charge in [0.1, 0.15) is 0 Å². The molecule has 0 aliphatic heterocycles. The van der Waals surface area contributed by atoms with Crippen LogP contribution in [0.1, 0.15) is 6.92 Å². The topological polar surface area (TPSA) is 51.4 Å².